The molecule has 0 heterocycles. The van der Waals surface area contributed by atoms with E-state index in [1.54, 1.807) is 0 Å². The van der Waals surface area contributed by atoms with Crippen molar-refractivity contribution in [2.45, 2.75) is 5.38 Å². The number of rotatable bonds is 2. The molecule has 6 heavy (non-hydrogen) atoms. The molecule has 0 N–H and O–H groups in total. The SMILES string of the molecule is [O]CC(Cl)CCl. The standard InChI is InChI=1S/C3H5Cl2O/c4-1-3(5)2-6/h3H,1-2H2. The summed E-state index contributed by atoms with van der Waals surface area (Å²) >= 11 is 10.3. The summed E-state index contributed by atoms with van der Waals surface area (Å²) < 4.78 is 0. The molecule has 1 atom stereocenters. The third-order valence-corrected chi connectivity index (χ3v) is 1.16. The van der Waals surface area contributed by atoms with Crippen LogP contribution in [0.3, 0.4) is 0 Å². The summed E-state index contributed by atoms with van der Waals surface area (Å²) in [5, 5.41) is 9.26. The third kappa shape index (κ3) is 2.76. The van der Waals surface area contributed by atoms with Crippen molar-refractivity contribution in [3.63, 3.8) is 0 Å². The average molecular weight is 128 g/mol. The number of alkyl halides is 2. The minimum absolute atomic E-state index is 0.255. The second kappa shape index (κ2) is 3.72. The lowest BCUT2D eigenvalue weighted by Gasteiger charge is -1.91. The normalized spacial score (nSPS) is 14.5. The van der Waals surface area contributed by atoms with Gasteiger partial charge in [-0.05, 0) is 0 Å². The maximum absolute atomic E-state index is 9.64. The van der Waals surface area contributed by atoms with E-state index in [0.717, 1.165) is 0 Å². The van der Waals surface area contributed by atoms with Crippen LogP contribution in [0.25, 0.3) is 0 Å². The largest absolute Gasteiger partial charge is 0.235 e. The van der Waals surface area contributed by atoms with Crippen LogP contribution in [0, 0.1) is 0 Å². The molecule has 0 rings (SSSR count). The second-order valence-corrected chi connectivity index (χ2v) is 1.84. The Bertz CT molecular complexity index is 28.0. The summed E-state index contributed by atoms with van der Waals surface area (Å²) in [5.41, 5.74) is 0. The van der Waals surface area contributed by atoms with E-state index >= 15 is 0 Å². The van der Waals surface area contributed by atoms with E-state index in [4.69, 9.17) is 23.2 Å². The van der Waals surface area contributed by atoms with E-state index in [9.17, 15) is 5.11 Å². The molecule has 1 radical (unpaired) electrons. The molecule has 0 aliphatic rings. The van der Waals surface area contributed by atoms with E-state index in [0.29, 0.717) is 0 Å². The third-order valence-electron chi connectivity index (χ3n) is 0.348. The highest BCUT2D eigenvalue weighted by atomic mass is 35.5. The fraction of sp³-hybridized carbons (Fsp3) is 1.00. The van der Waals surface area contributed by atoms with Crippen LogP contribution < -0.4 is 0 Å². The summed E-state index contributed by atoms with van der Waals surface area (Å²) in [6, 6.07) is 0. The lowest BCUT2D eigenvalue weighted by molar-refractivity contribution is 0.197. The smallest absolute Gasteiger partial charge is 0.0997 e. The Hall–Kier alpha value is 0.540. The number of hydrogen-bond acceptors (Lipinski definition) is 0. The molecule has 0 amide bonds. The predicted molar refractivity (Wildman–Crippen MR) is 25.9 cm³/mol. The summed E-state index contributed by atoms with van der Waals surface area (Å²) in [6.07, 6.45) is 0. The molecule has 0 aromatic carbocycles. The van der Waals surface area contributed by atoms with Gasteiger partial charge < -0.3 is 0 Å². The van der Waals surface area contributed by atoms with E-state index in [1.165, 1.54) is 0 Å². The molecule has 0 aromatic rings. The topological polar surface area (TPSA) is 19.9 Å². The molecular formula is C3H5Cl2O. The summed E-state index contributed by atoms with van der Waals surface area (Å²) in [4.78, 5) is 0. The van der Waals surface area contributed by atoms with Crippen LogP contribution >= 0.6 is 23.2 Å². The van der Waals surface area contributed by atoms with Crippen LogP contribution in [0.1, 0.15) is 0 Å². The van der Waals surface area contributed by atoms with Crippen LogP contribution in [0.15, 0.2) is 0 Å². The van der Waals surface area contributed by atoms with Gasteiger partial charge in [0.25, 0.3) is 0 Å². The Balaban J connectivity index is 2.75. The first-order valence-electron chi connectivity index (χ1n) is 1.59. The molecule has 1 nitrogen and oxygen atoms in total. The Kier molecular flexibility index (Phi) is 4.06. The van der Waals surface area contributed by atoms with Gasteiger partial charge in [-0.25, -0.2) is 5.11 Å². The summed E-state index contributed by atoms with van der Waals surface area (Å²) in [6.45, 7) is -0.287. The molecule has 0 aliphatic heterocycles. The highest BCUT2D eigenvalue weighted by Gasteiger charge is 1.96. The van der Waals surface area contributed by atoms with Gasteiger partial charge in [-0.1, -0.05) is 0 Å². The average Bonchev–Trinajstić information content (AvgIpc) is 1.65. The Morgan fingerprint density at radius 3 is 2.17 bits per heavy atom. The fourth-order valence-corrected chi connectivity index (χ4v) is 0.134. The first kappa shape index (κ1) is 6.54. The molecule has 0 saturated carbocycles. The van der Waals surface area contributed by atoms with Crippen molar-refractivity contribution in [1.82, 2.24) is 0 Å². The maximum atomic E-state index is 9.64. The van der Waals surface area contributed by atoms with Gasteiger partial charge in [0.2, 0.25) is 0 Å². The molecule has 0 aromatic heterocycles. The summed E-state index contributed by atoms with van der Waals surface area (Å²) in [5.74, 6) is 0.255. The van der Waals surface area contributed by atoms with Gasteiger partial charge >= 0.3 is 0 Å². The quantitative estimate of drug-likeness (QED) is 0.499. The molecule has 3 heteroatoms. The summed E-state index contributed by atoms with van der Waals surface area (Å²) in [7, 11) is 0. The zero-order valence-electron chi connectivity index (χ0n) is 3.16. The van der Waals surface area contributed by atoms with E-state index < -0.39 is 0 Å². The van der Waals surface area contributed by atoms with Gasteiger partial charge in [0.05, 0.1) is 12.0 Å². The van der Waals surface area contributed by atoms with Crippen LogP contribution in [0.2, 0.25) is 0 Å². The van der Waals surface area contributed by atoms with Crippen molar-refractivity contribution in [1.29, 1.82) is 0 Å². The van der Waals surface area contributed by atoms with Crippen molar-refractivity contribution >= 4 is 23.2 Å². The monoisotopic (exact) mass is 127 g/mol. The van der Waals surface area contributed by atoms with Crippen LogP contribution in [0.4, 0.5) is 0 Å². The van der Waals surface area contributed by atoms with Crippen LogP contribution in [0.5, 0.6) is 0 Å². The van der Waals surface area contributed by atoms with Crippen LogP contribution in [-0.4, -0.2) is 17.9 Å². The van der Waals surface area contributed by atoms with Crippen molar-refractivity contribution in [2.24, 2.45) is 0 Å². The van der Waals surface area contributed by atoms with E-state index in [-0.39, 0.29) is 17.9 Å². The first-order chi connectivity index (χ1) is 2.81. The van der Waals surface area contributed by atoms with Crippen molar-refractivity contribution < 1.29 is 5.11 Å². The highest BCUT2D eigenvalue weighted by molar-refractivity contribution is 6.28. The van der Waals surface area contributed by atoms with Crippen molar-refractivity contribution in [3.8, 4) is 0 Å². The van der Waals surface area contributed by atoms with Gasteiger partial charge in [0.1, 0.15) is 0 Å². The Morgan fingerprint density at radius 1 is 1.67 bits per heavy atom. The minimum atomic E-state index is -0.383. The highest BCUT2D eigenvalue weighted by Crippen LogP contribution is 1.94. The predicted octanol–water partition coefficient (Wildman–Crippen LogP) is 1.26. The molecule has 37 valence electrons. The maximum Gasteiger partial charge on any atom is 0.0997 e. The molecular weight excluding hydrogens is 123 g/mol. The molecule has 0 saturated heterocycles. The van der Waals surface area contributed by atoms with Crippen LogP contribution in [-0.2, 0) is 5.11 Å². The zero-order chi connectivity index (χ0) is 4.99. The molecule has 0 bridgehead atoms. The van der Waals surface area contributed by atoms with Gasteiger partial charge in [-0.3, -0.25) is 0 Å². The molecule has 0 aliphatic carbocycles. The van der Waals surface area contributed by atoms with Gasteiger partial charge in [0.15, 0.2) is 0 Å². The van der Waals surface area contributed by atoms with E-state index in [2.05, 4.69) is 0 Å². The molecule has 1 unspecified atom stereocenters. The molecule has 0 fully saturated rings. The molecule has 0 spiro atoms. The van der Waals surface area contributed by atoms with E-state index in [1.807, 2.05) is 0 Å². The fourth-order valence-electron chi connectivity index (χ4n) is 0.0445. The van der Waals surface area contributed by atoms with Gasteiger partial charge in [-0.2, -0.15) is 0 Å². The van der Waals surface area contributed by atoms with Crippen molar-refractivity contribution in [2.75, 3.05) is 12.5 Å². The second-order valence-electron chi connectivity index (χ2n) is 0.918. The Labute approximate surface area is 46.9 Å². The number of halogens is 2. The zero-order valence-corrected chi connectivity index (χ0v) is 4.67. The van der Waals surface area contributed by atoms with Gasteiger partial charge in [-0.15, -0.1) is 23.2 Å². The lowest BCUT2D eigenvalue weighted by Crippen LogP contribution is -2.03. The van der Waals surface area contributed by atoms with Crippen molar-refractivity contribution in [3.05, 3.63) is 0 Å². The minimum Gasteiger partial charge on any atom is -0.235 e. The van der Waals surface area contributed by atoms with Gasteiger partial charge in [0, 0.05) is 5.88 Å². The number of hydrogen-bond donors (Lipinski definition) is 0. The lowest BCUT2D eigenvalue weighted by atomic mass is 10.5. The Morgan fingerprint density at radius 2 is 2.17 bits per heavy atom. The first-order valence-corrected chi connectivity index (χ1v) is 2.56.